The summed E-state index contributed by atoms with van der Waals surface area (Å²) in [6, 6.07) is 16.4. The van der Waals surface area contributed by atoms with Crippen molar-refractivity contribution in [3.8, 4) is 0 Å². The van der Waals surface area contributed by atoms with Gasteiger partial charge in [-0.2, -0.15) is 10.2 Å². The van der Waals surface area contributed by atoms with E-state index in [-0.39, 0.29) is 5.91 Å². The van der Waals surface area contributed by atoms with Crippen molar-refractivity contribution in [2.45, 2.75) is 26.9 Å². The van der Waals surface area contributed by atoms with E-state index in [1.54, 1.807) is 18.3 Å². The number of fused-ring (bicyclic) bond motifs is 1. The SMILES string of the molecule is CCn1ncc(/C=C/C(=O)Nc2ccn(Cc3cccc4ccccc34)n2)c1C. The molecule has 0 saturated carbocycles. The lowest BCUT2D eigenvalue weighted by Gasteiger charge is -2.06. The van der Waals surface area contributed by atoms with E-state index in [1.807, 2.05) is 41.5 Å². The second kappa shape index (κ2) is 8.14. The predicted molar refractivity (Wildman–Crippen MR) is 116 cm³/mol. The van der Waals surface area contributed by atoms with Gasteiger partial charge in [0, 0.05) is 36.1 Å². The van der Waals surface area contributed by atoms with Crippen LogP contribution in [0, 0.1) is 6.92 Å². The number of hydrogen-bond acceptors (Lipinski definition) is 3. The zero-order chi connectivity index (χ0) is 20.2. The number of carbonyl (C=O) groups is 1. The normalized spacial score (nSPS) is 11.4. The molecule has 0 spiro atoms. The van der Waals surface area contributed by atoms with Crippen LogP contribution in [0.2, 0.25) is 0 Å². The second-order valence-electron chi connectivity index (χ2n) is 6.86. The summed E-state index contributed by atoms with van der Waals surface area (Å²) in [6.45, 7) is 5.47. The lowest BCUT2D eigenvalue weighted by molar-refractivity contribution is -0.111. The Hall–Kier alpha value is -3.67. The van der Waals surface area contributed by atoms with Crippen LogP contribution in [0.1, 0.15) is 23.7 Å². The van der Waals surface area contributed by atoms with Crippen molar-refractivity contribution in [3.63, 3.8) is 0 Å². The van der Waals surface area contributed by atoms with Crippen molar-refractivity contribution in [1.82, 2.24) is 19.6 Å². The fourth-order valence-electron chi connectivity index (χ4n) is 3.40. The number of benzene rings is 2. The minimum Gasteiger partial charge on any atom is -0.306 e. The van der Waals surface area contributed by atoms with Gasteiger partial charge in [-0.25, -0.2) is 0 Å². The molecule has 1 N–H and O–H groups in total. The Kier molecular flexibility index (Phi) is 5.24. The van der Waals surface area contributed by atoms with Crippen LogP contribution in [0.3, 0.4) is 0 Å². The molecule has 6 nitrogen and oxygen atoms in total. The first-order chi connectivity index (χ1) is 14.1. The third-order valence-electron chi connectivity index (χ3n) is 4.96. The molecule has 2 aromatic heterocycles. The van der Waals surface area contributed by atoms with Gasteiger partial charge in [0.25, 0.3) is 0 Å². The predicted octanol–water partition coefficient (Wildman–Crippen LogP) is 4.26. The molecule has 0 aliphatic heterocycles. The minimum absolute atomic E-state index is 0.218. The zero-order valence-corrected chi connectivity index (χ0v) is 16.5. The van der Waals surface area contributed by atoms with Gasteiger partial charge in [-0.1, -0.05) is 42.5 Å². The van der Waals surface area contributed by atoms with Gasteiger partial charge in [0.2, 0.25) is 5.91 Å². The maximum atomic E-state index is 12.2. The molecule has 2 heterocycles. The summed E-state index contributed by atoms with van der Waals surface area (Å²) < 4.78 is 3.73. The second-order valence-corrected chi connectivity index (χ2v) is 6.86. The van der Waals surface area contributed by atoms with E-state index in [4.69, 9.17) is 0 Å². The summed E-state index contributed by atoms with van der Waals surface area (Å²) in [5, 5.41) is 14.0. The summed E-state index contributed by atoms with van der Waals surface area (Å²) in [4.78, 5) is 12.2. The molecule has 6 heteroatoms. The van der Waals surface area contributed by atoms with Gasteiger partial charge in [0.15, 0.2) is 5.82 Å². The van der Waals surface area contributed by atoms with Gasteiger partial charge in [0.1, 0.15) is 0 Å². The summed E-state index contributed by atoms with van der Waals surface area (Å²) in [5.74, 6) is 0.310. The molecule has 4 rings (SSSR count). The van der Waals surface area contributed by atoms with Crippen LogP contribution in [0.5, 0.6) is 0 Å². The number of nitrogens with one attached hydrogen (secondary N) is 1. The Morgan fingerprint density at radius 3 is 2.79 bits per heavy atom. The summed E-state index contributed by atoms with van der Waals surface area (Å²) >= 11 is 0. The first-order valence-corrected chi connectivity index (χ1v) is 9.65. The monoisotopic (exact) mass is 385 g/mol. The van der Waals surface area contributed by atoms with Gasteiger partial charge in [-0.05, 0) is 36.3 Å². The largest absolute Gasteiger partial charge is 0.306 e. The number of anilines is 1. The Bertz CT molecular complexity index is 1180. The van der Waals surface area contributed by atoms with E-state index in [1.165, 1.54) is 22.4 Å². The Morgan fingerprint density at radius 1 is 1.14 bits per heavy atom. The van der Waals surface area contributed by atoms with E-state index in [0.717, 1.165) is 17.8 Å². The van der Waals surface area contributed by atoms with Gasteiger partial charge in [-0.15, -0.1) is 0 Å². The summed E-state index contributed by atoms with van der Waals surface area (Å²) in [5.41, 5.74) is 3.16. The maximum absolute atomic E-state index is 12.2. The third-order valence-corrected chi connectivity index (χ3v) is 4.96. The highest BCUT2D eigenvalue weighted by Crippen LogP contribution is 2.19. The molecule has 0 fully saturated rings. The lowest BCUT2D eigenvalue weighted by Crippen LogP contribution is -2.09. The number of aromatic nitrogens is 4. The first-order valence-electron chi connectivity index (χ1n) is 9.65. The molecule has 4 aromatic rings. The average Bonchev–Trinajstić information content (AvgIpc) is 3.32. The topological polar surface area (TPSA) is 64.7 Å². The van der Waals surface area contributed by atoms with Crippen LogP contribution in [0.15, 0.2) is 67.0 Å². The molecular formula is C23H23N5O. The summed E-state index contributed by atoms with van der Waals surface area (Å²) in [7, 11) is 0. The van der Waals surface area contributed by atoms with E-state index < -0.39 is 0 Å². The molecule has 0 bridgehead atoms. The van der Waals surface area contributed by atoms with Crippen LogP contribution >= 0.6 is 0 Å². The highest BCUT2D eigenvalue weighted by molar-refractivity contribution is 6.01. The van der Waals surface area contributed by atoms with E-state index in [0.29, 0.717) is 12.4 Å². The maximum Gasteiger partial charge on any atom is 0.249 e. The smallest absolute Gasteiger partial charge is 0.249 e. The van der Waals surface area contributed by atoms with Gasteiger partial charge in [-0.3, -0.25) is 14.2 Å². The number of rotatable bonds is 6. The first kappa shape index (κ1) is 18.7. The number of nitrogens with zero attached hydrogens (tertiary/aromatic N) is 4. The van der Waals surface area contributed by atoms with Crippen molar-refractivity contribution in [3.05, 3.63) is 83.8 Å². The molecule has 1 amide bonds. The van der Waals surface area contributed by atoms with Crippen LogP contribution in [0.25, 0.3) is 16.8 Å². The van der Waals surface area contributed by atoms with Crippen LogP contribution in [0.4, 0.5) is 5.82 Å². The molecule has 29 heavy (non-hydrogen) atoms. The van der Waals surface area contributed by atoms with E-state index in [9.17, 15) is 4.79 Å². The fraction of sp³-hybridized carbons (Fsp3) is 0.174. The zero-order valence-electron chi connectivity index (χ0n) is 16.5. The molecule has 0 aliphatic carbocycles. The van der Waals surface area contributed by atoms with Crippen molar-refractivity contribution < 1.29 is 4.79 Å². The van der Waals surface area contributed by atoms with Crippen molar-refractivity contribution in [1.29, 1.82) is 0 Å². The molecular weight excluding hydrogens is 362 g/mol. The van der Waals surface area contributed by atoms with E-state index in [2.05, 4.69) is 45.8 Å². The molecule has 0 saturated heterocycles. The number of carbonyl (C=O) groups excluding carboxylic acids is 1. The minimum atomic E-state index is -0.218. The molecule has 0 aliphatic rings. The van der Waals surface area contributed by atoms with Crippen LogP contribution in [-0.2, 0) is 17.9 Å². The van der Waals surface area contributed by atoms with E-state index >= 15 is 0 Å². The molecule has 146 valence electrons. The van der Waals surface area contributed by atoms with Gasteiger partial charge >= 0.3 is 0 Å². The quantitative estimate of drug-likeness (QED) is 0.504. The highest BCUT2D eigenvalue weighted by atomic mass is 16.1. The number of amides is 1. The number of hydrogen-bond donors (Lipinski definition) is 1. The fourth-order valence-corrected chi connectivity index (χ4v) is 3.40. The van der Waals surface area contributed by atoms with Crippen molar-refractivity contribution >= 4 is 28.6 Å². The average molecular weight is 385 g/mol. The molecule has 0 unspecified atom stereocenters. The van der Waals surface area contributed by atoms with Crippen molar-refractivity contribution in [2.24, 2.45) is 0 Å². The molecule has 0 radical (unpaired) electrons. The van der Waals surface area contributed by atoms with Crippen LogP contribution < -0.4 is 5.32 Å². The molecule has 2 aromatic carbocycles. The summed E-state index contributed by atoms with van der Waals surface area (Å²) in [6.07, 6.45) is 6.92. The standard InChI is InChI=1S/C23H23N5O/c1-3-28-17(2)19(15-24-28)11-12-23(29)25-22-13-14-27(26-22)16-20-9-6-8-18-7-4-5-10-21(18)20/h4-15H,3,16H2,1-2H3,(H,25,26,29)/b12-11+. The Morgan fingerprint density at radius 2 is 1.97 bits per heavy atom. The molecule has 0 atom stereocenters. The Labute approximate surface area is 169 Å². The number of aryl methyl sites for hydroxylation is 1. The Balaban J connectivity index is 1.43. The van der Waals surface area contributed by atoms with Crippen molar-refractivity contribution in [2.75, 3.05) is 5.32 Å². The highest BCUT2D eigenvalue weighted by Gasteiger charge is 2.06. The van der Waals surface area contributed by atoms with Crippen LogP contribution in [-0.4, -0.2) is 25.5 Å². The third kappa shape index (κ3) is 4.11. The van der Waals surface area contributed by atoms with Gasteiger partial charge in [0.05, 0.1) is 12.7 Å². The van der Waals surface area contributed by atoms with Gasteiger partial charge < -0.3 is 5.32 Å². The lowest BCUT2D eigenvalue weighted by atomic mass is 10.0.